The van der Waals surface area contributed by atoms with E-state index in [0.29, 0.717) is 18.4 Å². The number of hydrogen-bond acceptors (Lipinski definition) is 4. The van der Waals surface area contributed by atoms with Gasteiger partial charge in [-0.25, -0.2) is 0 Å². The number of aliphatic imine (C=N–C) groups is 1. The molecule has 4 heteroatoms. The predicted molar refractivity (Wildman–Crippen MR) is 105 cm³/mol. The molecule has 1 saturated carbocycles. The number of carbonyl (C=O) groups excluding carboxylic acids is 2. The Kier molecular flexibility index (Phi) is 3.95. The van der Waals surface area contributed by atoms with Crippen LogP contribution in [0, 0.1) is 22.7 Å². The van der Waals surface area contributed by atoms with Gasteiger partial charge in [0.15, 0.2) is 0 Å². The predicted octanol–water partition coefficient (Wildman–Crippen LogP) is 4.43. The molecule has 2 aliphatic carbocycles. The van der Waals surface area contributed by atoms with E-state index in [2.05, 4.69) is 19.9 Å². The van der Waals surface area contributed by atoms with Gasteiger partial charge < -0.3 is 5.11 Å². The first-order valence-corrected chi connectivity index (χ1v) is 9.72. The van der Waals surface area contributed by atoms with E-state index in [-0.39, 0.29) is 34.1 Å². The highest BCUT2D eigenvalue weighted by Gasteiger charge is 2.52. The topological polar surface area (TPSA) is 66.7 Å². The number of phenolic OH excluding ortho intramolecular Hbond substituents is 1. The second kappa shape index (κ2) is 5.88. The van der Waals surface area contributed by atoms with E-state index in [4.69, 9.17) is 4.99 Å². The summed E-state index contributed by atoms with van der Waals surface area (Å²) < 4.78 is 0. The van der Waals surface area contributed by atoms with E-state index >= 15 is 0 Å². The van der Waals surface area contributed by atoms with Gasteiger partial charge >= 0.3 is 0 Å². The van der Waals surface area contributed by atoms with Crippen molar-refractivity contribution in [3.8, 4) is 5.75 Å². The maximum atomic E-state index is 13.2. The minimum atomic E-state index is -0.453. The van der Waals surface area contributed by atoms with E-state index < -0.39 is 11.8 Å². The molecule has 1 unspecified atom stereocenters. The van der Waals surface area contributed by atoms with Crippen LogP contribution in [-0.4, -0.2) is 22.4 Å². The van der Waals surface area contributed by atoms with Crippen LogP contribution in [0.1, 0.15) is 58.4 Å². The summed E-state index contributed by atoms with van der Waals surface area (Å²) in [6.07, 6.45) is 3.75. The highest BCUT2D eigenvalue weighted by molar-refractivity contribution is 6.11. The Morgan fingerprint density at radius 2 is 1.63 bits per heavy atom. The molecule has 1 N–H and O–H groups in total. The van der Waals surface area contributed by atoms with E-state index in [0.717, 1.165) is 17.8 Å². The van der Waals surface area contributed by atoms with E-state index in [1.54, 1.807) is 12.1 Å². The lowest BCUT2D eigenvalue weighted by Crippen LogP contribution is -2.48. The molecule has 27 heavy (non-hydrogen) atoms. The van der Waals surface area contributed by atoms with Crippen LogP contribution < -0.4 is 0 Å². The van der Waals surface area contributed by atoms with Gasteiger partial charge in [0.25, 0.3) is 0 Å². The van der Waals surface area contributed by atoms with Crippen molar-refractivity contribution in [3.63, 3.8) is 0 Å². The van der Waals surface area contributed by atoms with Crippen molar-refractivity contribution in [1.82, 2.24) is 0 Å². The van der Waals surface area contributed by atoms with E-state index in [1.165, 1.54) is 0 Å². The number of carbonyl (C=O) groups is 2. The number of rotatable bonds is 1. The monoisotopic (exact) mass is 365 g/mol. The molecule has 3 atom stereocenters. The Labute approximate surface area is 160 Å². The first kappa shape index (κ1) is 18.1. The third-order valence-corrected chi connectivity index (χ3v) is 6.14. The molecule has 4 rings (SSSR count). The molecule has 0 saturated heterocycles. The normalized spacial score (nSPS) is 31.5. The Balaban J connectivity index is 1.94. The summed E-state index contributed by atoms with van der Waals surface area (Å²) in [5.74, 6) is -0.833. The van der Waals surface area contributed by atoms with Crippen LogP contribution in [0.15, 0.2) is 41.0 Å². The Bertz CT molecular complexity index is 891. The summed E-state index contributed by atoms with van der Waals surface area (Å²) in [5, 5.41) is 10.5. The number of phenols is 1. The summed E-state index contributed by atoms with van der Waals surface area (Å²) in [5.41, 5.74) is 1.97. The first-order chi connectivity index (χ1) is 12.6. The number of aromatic hydroxyl groups is 1. The van der Waals surface area contributed by atoms with E-state index in [1.807, 2.05) is 26.0 Å². The highest BCUT2D eigenvalue weighted by Crippen LogP contribution is 2.53. The van der Waals surface area contributed by atoms with Gasteiger partial charge in [0, 0.05) is 30.2 Å². The van der Waals surface area contributed by atoms with Gasteiger partial charge in [0.1, 0.15) is 17.3 Å². The molecule has 142 valence electrons. The maximum absolute atomic E-state index is 13.2. The molecule has 0 bridgehead atoms. The number of para-hydroxylation sites is 1. The van der Waals surface area contributed by atoms with Crippen molar-refractivity contribution >= 4 is 17.3 Å². The molecule has 0 radical (unpaired) electrons. The SMILES string of the molecule is CC1(C)C=C2N=C3CC(C)(C)CC(=O)C3[C@H](c3ccccc3O)[C@H]2C(=O)C1. The number of fused-ring (bicyclic) bond motifs is 2. The quantitative estimate of drug-likeness (QED) is 0.800. The molecule has 1 heterocycles. The van der Waals surface area contributed by atoms with Crippen LogP contribution in [0.3, 0.4) is 0 Å². The van der Waals surface area contributed by atoms with Crippen molar-refractivity contribution < 1.29 is 14.7 Å². The molecule has 0 aromatic heterocycles. The lowest BCUT2D eigenvalue weighted by Gasteiger charge is -2.46. The zero-order valence-electron chi connectivity index (χ0n) is 16.5. The maximum Gasteiger partial charge on any atom is 0.143 e. The van der Waals surface area contributed by atoms with Gasteiger partial charge in [0.05, 0.1) is 11.8 Å². The Hall–Kier alpha value is -2.23. The van der Waals surface area contributed by atoms with Crippen molar-refractivity contribution in [2.45, 2.75) is 52.9 Å². The van der Waals surface area contributed by atoms with Gasteiger partial charge in [-0.15, -0.1) is 0 Å². The number of nitrogens with zero attached hydrogens (tertiary/aromatic N) is 1. The third kappa shape index (κ3) is 3.05. The number of Topliss-reactive ketones (excluding diaryl/α,β-unsaturated/α-hetero) is 2. The number of benzene rings is 1. The fourth-order valence-electron chi connectivity index (χ4n) is 5.18. The second-order valence-electron chi connectivity index (χ2n) is 9.83. The fourth-order valence-corrected chi connectivity index (χ4v) is 5.18. The van der Waals surface area contributed by atoms with Gasteiger partial charge in [-0.05, 0) is 28.9 Å². The molecule has 1 aromatic rings. The van der Waals surface area contributed by atoms with Crippen LogP contribution in [-0.2, 0) is 9.59 Å². The summed E-state index contributed by atoms with van der Waals surface area (Å²) in [7, 11) is 0. The summed E-state index contributed by atoms with van der Waals surface area (Å²) >= 11 is 0. The summed E-state index contributed by atoms with van der Waals surface area (Å²) in [6.45, 7) is 8.28. The largest absolute Gasteiger partial charge is 0.508 e. The first-order valence-electron chi connectivity index (χ1n) is 9.72. The highest BCUT2D eigenvalue weighted by atomic mass is 16.3. The average molecular weight is 365 g/mol. The van der Waals surface area contributed by atoms with Crippen LogP contribution in [0.2, 0.25) is 0 Å². The fraction of sp³-hybridized carbons (Fsp3) is 0.522. The second-order valence-corrected chi connectivity index (χ2v) is 9.83. The molecule has 4 nitrogen and oxygen atoms in total. The lowest BCUT2D eigenvalue weighted by molar-refractivity contribution is -0.128. The van der Waals surface area contributed by atoms with Gasteiger partial charge in [-0.2, -0.15) is 0 Å². The molecule has 0 spiro atoms. The van der Waals surface area contributed by atoms with Crippen molar-refractivity contribution in [1.29, 1.82) is 0 Å². The molecule has 1 fully saturated rings. The smallest absolute Gasteiger partial charge is 0.143 e. The van der Waals surface area contributed by atoms with Crippen molar-refractivity contribution in [2.24, 2.45) is 27.7 Å². The van der Waals surface area contributed by atoms with Crippen molar-refractivity contribution in [3.05, 3.63) is 41.6 Å². The van der Waals surface area contributed by atoms with Crippen LogP contribution in [0.5, 0.6) is 5.75 Å². The van der Waals surface area contributed by atoms with Crippen LogP contribution in [0.4, 0.5) is 0 Å². The number of allylic oxidation sites excluding steroid dienone is 2. The Morgan fingerprint density at radius 3 is 2.33 bits per heavy atom. The molecular formula is C23H27NO3. The Morgan fingerprint density at radius 1 is 0.963 bits per heavy atom. The minimum absolute atomic E-state index is 0.117. The number of ketones is 2. The van der Waals surface area contributed by atoms with Crippen LogP contribution >= 0.6 is 0 Å². The third-order valence-electron chi connectivity index (χ3n) is 6.14. The van der Waals surface area contributed by atoms with Crippen molar-refractivity contribution in [2.75, 3.05) is 0 Å². The molecule has 0 amide bonds. The lowest BCUT2D eigenvalue weighted by atomic mass is 9.58. The van der Waals surface area contributed by atoms with Gasteiger partial charge in [-0.1, -0.05) is 52.0 Å². The summed E-state index contributed by atoms with van der Waals surface area (Å²) in [6, 6.07) is 7.11. The molecule has 1 aliphatic heterocycles. The average Bonchev–Trinajstić information content (AvgIpc) is 2.51. The van der Waals surface area contributed by atoms with E-state index in [9.17, 15) is 14.7 Å². The zero-order valence-corrected chi connectivity index (χ0v) is 16.5. The molecule has 1 aromatic carbocycles. The standard InChI is InChI=1S/C23H27NO3/c1-22(2)9-14-20(17(26)11-22)19(13-7-5-6-8-16(13)25)21-15(24-14)10-23(3,4)12-18(21)27/h5-9,19-21,25H,10-12H2,1-4H3/t19-,20-,21?/m1/s1. The molecule has 3 aliphatic rings. The minimum Gasteiger partial charge on any atom is -0.508 e. The number of hydrogen-bond donors (Lipinski definition) is 1. The summed E-state index contributed by atoms with van der Waals surface area (Å²) in [4.78, 5) is 31.2. The molecular weight excluding hydrogens is 338 g/mol. The van der Waals surface area contributed by atoms with Crippen LogP contribution in [0.25, 0.3) is 0 Å². The van der Waals surface area contributed by atoms with Gasteiger partial charge in [0.2, 0.25) is 0 Å². The zero-order chi connectivity index (χ0) is 19.6. The van der Waals surface area contributed by atoms with Gasteiger partial charge in [-0.3, -0.25) is 14.6 Å².